The van der Waals surface area contributed by atoms with Gasteiger partial charge in [0, 0.05) is 23.6 Å². The van der Waals surface area contributed by atoms with E-state index in [4.69, 9.17) is 11.0 Å². The fraction of sp³-hybridized carbons (Fsp3) is 0.0625. The first kappa shape index (κ1) is 12.9. The topological polar surface area (TPSA) is 80.5 Å². The number of pyridine rings is 1. The first-order valence-corrected chi connectivity index (χ1v) is 6.48. The highest BCUT2D eigenvalue weighted by Crippen LogP contribution is 2.20. The summed E-state index contributed by atoms with van der Waals surface area (Å²) in [5, 5.41) is 13.2. The summed E-state index contributed by atoms with van der Waals surface area (Å²) in [6, 6.07) is 13.4. The molecule has 3 aromatic rings. The lowest BCUT2D eigenvalue weighted by atomic mass is 10.1. The molecule has 2 aromatic heterocycles. The van der Waals surface area contributed by atoms with Crippen molar-refractivity contribution in [3.05, 3.63) is 66.2 Å². The van der Waals surface area contributed by atoms with Crippen molar-refractivity contribution in [3.8, 4) is 17.2 Å². The third-order valence-electron chi connectivity index (χ3n) is 3.16. The summed E-state index contributed by atoms with van der Waals surface area (Å²) in [4.78, 5) is 3.96. The molecular weight excluding hydrogens is 262 g/mol. The molecule has 3 rings (SSSR count). The van der Waals surface area contributed by atoms with Crippen LogP contribution in [-0.4, -0.2) is 14.8 Å². The maximum absolute atomic E-state index is 8.86. The maximum Gasteiger partial charge on any atom is 0.140 e. The quantitative estimate of drug-likeness (QED) is 0.744. The molecule has 2 heterocycles. The van der Waals surface area contributed by atoms with Crippen molar-refractivity contribution >= 4 is 5.69 Å². The minimum absolute atomic E-state index is 0.415. The fourth-order valence-corrected chi connectivity index (χ4v) is 2.10. The van der Waals surface area contributed by atoms with Crippen molar-refractivity contribution in [1.29, 1.82) is 5.26 Å². The van der Waals surface area contributed by atoms with E-state index in [0.29, 0.717) is 12.2 Å². The van der Waals surface area contributed by atoms with E-state index in [0.717, 1.165) is 22.4 Å². The van der Waals surface area contributed by atoms with Crippen LogP contribution in [0.3, 0.4) is 0 Å². The largest absolute Gasteiger partial charge is 0.399 e. The summed E-state index contributed by atoms with van der Waals surface area (Å²) in [6.07, 6.45) is 5.42. The van der Waals surface area contributed by atoms with Crippen molar-refractivity contribution in [1.82, 2.24) is 14.8 Å². The minimum atomic E-state index is 0.415. The molecule has 0 saturated carbocycles. The van der Waals surface area contributed by atoms with E-state index in [1.807, 2.05) is 53.5 Å². The molecule has 0 amide bonds. The summed E-state index contributed by atoms with van der Waals surface area (Å²) in [5.74, 6) is 0. The summed E-state index contributed by atoms with van der Waals surface area (Å²) >= 11 is 0. The number of benzene rings is 1. The lowest BCUT2D eigenvalue weighted by Crippen LogP contribution is -2.00. The zero-order chi connectivity index (χ0) is 14.7. The summed E-state index contributed by atoms with van der Waals surface area (Å²) in [5.41, 5.74) is 9.94. The van der Waals surface area contributed by atoms with Gasteiger partial charge < -0.3 is 5.73 Å². The second-order valence-corrected chi connectivity index (χ2v) is 4.71. The van der Waals surface area contributed by atoms with Crippen LogP contribution in [0.15, 0.2) is 55.0 Å². The van der Waals surface area contributed by atoms with Crippen LogP contribution in [0.2, 0.25) is 0 Å². The molecule has 0 aliphatic carbocycles. The summed E-state index contributed by atoms with van der Waals surface area (Å²) < 4.78 is 1.84. The van der Waals surface area contributed by atoms with Gasteiger partial charge in [-0.05, 0) is 35.4 Å². The van der Waals surface area contributed by atoms with Gasteiger partial charge in [-0.3, -0.25) is 4.68 Å². The van der Waals surface area contributed by atoms with Crippen LogP contribution >= 0.6 is 0 Å². The monoisotopic (exact) mass is 275 g/mol. The highest BCUT2D eigenvalue weighted by Gasteiger charge is 2.03. The number of hydrogen-bond donors (Lipinski definition) is 1. The van der Waals surface area contributed by atoms with Gasteiger partial charge in [0.2, 0.25) is 0 Å². The van der Waals surface area contributed by atoms with Crippen molar-refractivity contribution < 1.29 is 0 Å². The molecular formula is C16H13N5. The lowest BCUT2D eigenvalue weighted by Gasteiger charge is -2.02. The van der Waals surface area contributed by atoms with E-state index in [2.05, 4.69) is 10.1 Å². The highest BCUT2D eigenvalue weighted by molar-refractivity contribution is 5.64. The Hall–Kier alpha value is -3.13. The van der Waals surface area contributed by atoms with Crippen molar-refractivity contribution in [3.63, 3.8) is 0 Å². The van der Waals surface area contributed by atoms with E-state index < -0.39 is 0 Å². The predicted molar refractivity (Wildman–Crippen MR) is 80.1 cm³/mol. The molecule has 0 aliphatic heterocycles. The molecule has 0 saturated heterocycles. The molecule has 0 unspecified atom stereocenters. The molecule has 21 heavy (non-hydrogen) atoms. The number of anilines is 1. The van der Waals surface area contributed by atoms with Crippen molar-refractivity contribution in [2.45, 2.75) is 6.54 Å². The van der Waals surface area contributed by atoms with Crippen LogP contribution in [0.25, 0.3) is 11.1 Å². The Kier molecular flexibility index (Phi) is 3.36. The number of nitriles is 1. The third-order valence-corrected chi connectivity index (χ3v) is 3.16. The SMILES string of the molecule is N#Cc1cc(Cn2cc(-c3ccc(N)cc3)cn2)ccn1. The Balaban J connectivity index is 1.82. The summed E-state index contributed by atoms with van der Waals surface area (Å²) in [6.45, 7) is 0.603. The van der Waals surface area contributed by atoms with Gasteiger partial charge in [-0.25, -0.2) is 4.98 Å². The van der Waals surface area contributed by atoms with Crippen LogP contribution in [0.1, 0.15) is 11.3 Å². The first-order valence-electron chi connectivity index (χ1n) is 6.48. The second kappa shape index (κ2) is 5.47. The number of nitrogen functional groups attached to an aromatic ring is 1. The molecule has 0 radical (unpaired) electrons. The summed E-state index contributed by atoms with van der Waals surface area (Å²) in [7, 11) is 0. The minimum Gasteiger partial charge on any atom is -0.399 e. The van der Waals surface area contributed by atoms with E-state index in [9.17, 15) is 0 Å². The maximum atomic E-state index is 8.86. The zero-order valence-electron chi connectivity index (χ0n) is 11.3. The molecule has 0 atom stereocenters. The van der Waals surface area contributed by atoms with E-state index in [-0.39, 0.29) is 0 Å². The molecule has 5 heteroatoms. The number of aromatic nitrogens is 3. The molecule has 0 spiro atoms. The van der Waals surface area contributed by atoms with Gasteiger partial charge in [0.1, 0.15) is 11.8 Å². The molecule has 0 bridgehead atoms. The van der Waals surface area contributed by atoms with Gasteiger partial charge in [0.25, 0.3) is 0 Å². The van der Waals surface area contributed by atoms with Gasteiger partial charge >= 0.3 is 0 Å². The molecule has 5 nitrogen and oxygen atoms in total. The van der Waals surface area contributed by atoms with Gasteiger partial charge in [-0.1, -0.05) is 12.1 Å². The Morgan fingerprint density at radius 1 is 1.14 bits per heavy atom. The Bertz CT molecular complexity index is 796. The van der Waals surface area contributed by atoms with Crippen LogP contribution in [0.4, 0.5) is 5.69 Å². The Morgan fingerprint density at radius 2 is 1.95 bits per heavy atom. The van der Waals surface area contributed by atoms with E-state index >= 15 is 0 Å². The second-order valence-electron chi connectivity index (χ2n) is 4.71. The fourth-order valence-electron chi connectivity index (χ4n) is 2.10. The molecule has 0 aliphatic rings. The van der Waals surface area contributed by atoms with E-state index in [1.165, 1.54) is 0 Å². The van der Waals surface area contributed by atoms with Crippen LogP contribution < -0.4 is 5.73 Å². The average molecular weight is 275 g/mol. The van der Waals surface area contributed by atoms with Crippen molar-refractivity contribution in [2.24, 2.45) is 0 Å². The highest BCUT2D eigenvalue weighted by atomic mass is 15.3. The molecule has 2 N–H and O–H groups in total. The van der Waals surface area contributed by atoms with Gasteiger partial charge in [-0.15, -0.1) is 0 Å². The van der Waals surface area contributed by atoms with Gasteiger partial charge in [0.05, 0.1) is 12.7 Å². The smallest absolute Gasteiger partial charge is 0.140 e. The van der Waals surface area contributed by atoms with Crippen LogP contribution in [0, 0.1) is 11.3 Å². The number of nitrogens with two attached hydrogens (primary N) is 1. The standard InChI is InChI=1S/C16H13N5/c17-8-16-7-12(5-6-19-16)10-21-11-14(9-20-21)13-1-3-15(18)4-2-13/h1-7,9,11H,10,18H2. The first-order chi connectivity index (χ1) is 10.2. The van der Waals surface area contributed by atoms with Gasteiger partial charge in [-0.2, -0.15) is 10.4 Å². The van der Waals surface area contributed by atoms with Gasteiger partial charge in [0.15, 0.2) is 0 Å². The van der Waals surface area contributed by atoms with E-state index in [1.54, 1.807) is 12.3 Å². The molecule has 1 aromatic carbocycles. The van der Waals surface area contributed by atoms with Crippen molar-refractivity contribution in [2.75, 3.05) is 5.73 Å². The Labute approximate surface area is 122 Å². The number of nitrogens with zero attached hydrogens (tertiary/aromatic N) is 4. The zero-order valence-corrected chi connectivity index (χ0v) is 11.3. The normalized spacial score (nSPS) is 10.2. The third kappa shape index (κ3) is 2.90. The number of hydrogen-bond acceptors (Lipinski definition) is 4. The molecule has 0 fully saturated rings. The van der Waals surface area contributed by atoms with Crippen LogP contribution in [0.5, 0.6) is 0 Å². The lowest BCUT2D eigenvalue weighted by molar-refractivity contribution is 0.686. The number of rotatable bonds is 3. The van der Waals surface area contributed by atoms with Crippen LogP contribution in [-0.2, 0) is 6.54 Å². The average Bonchev–Trinajstić information content (AvgIpc) is 2.96. The molecule has 102 valence electrons. The predicted octanol–water partition coefficient (Wildman–Crippen LogP) is 2.45. The Morgan fingerprint density at radius 3 is 2.71 bits per heavy atom.